The smallest absolute Gasteiger partial charge is 0.129 e. The van der Waals surface area contributed by atoms with Crippen molar-refractivity contribution in [2.45, 2.75) is 5.03 Å². The normalized spacial score (nSPS) is 10.8. The van der Waals surface area contributed by atoms with Crippen molar-refractivity contribution in [1.29, 1.82) is 0 Å². The minimum atomic E-state index is 0.497. The van der Waals surface area contributed by atoms with E-state index in [4.69, 9.17) is 11.6 Å². The molecular formula is C9H6BrClN2S. The number of rotatable bonds is 1. The average molecular weight is 290 g/mol. The molecule has 0 spiro atoms. The van der Waals surface area contributed by atoms with E-state index in [1.54, 1.807) is 24.2 Å². The second kappa shape index (κ2) is 4.04. The molecule has 0 bridgehead atoms. The Morgan fingerprint density at radius 2 is 2.07 bits per heavy atom. The molecular weight excluding hydrogens is 284 g/mol. The van der Waals surface area contributed by atoms with Crippen LogP contribution in [0.1, 0.15) is 0 Å². The molecule has 0 fully saturated rings. The number of hydrogen-bond donors (Lipinski definition) is 0. The van der Waals surface area contributed by atoms with Crippen LogP contribution in [0, 0.1) is 0 Å². The summed E-state index contributed by atoms with van der Waals surface area (Å²) in [4.78, 5) is 8.34. The SMILES string of the molecule is CSc1ncc(Br)c2cc(Cl)ncc12. The zero-order chi connectivity index (χ0) is 10.1. The highest BCUT2D eigenvalue weighted by molar-refractivity contribution is 9.10. The molecule has 2 heterocycles. The van der Waals surface area contributed by atoms with Gasteiger partial charge in [0.1, 0.15) is 10.2 Å². The predicted molar refractivity (Wildman–Crippen MR) is 64.0 cm³/mol. The maximum atomic E-state index is 5.83. The molecule has 5 heteroatoms. The lowest BCUT2D eigenvalue weighted by Crippen LogP contribution is -1.85. The van der Waals surface area contributed by atoms with E-state index in [1.807, 2.05) is 12.3 Å². The van der Waals surface area contributed by atoms with Crippen LogP contribution in [0.15, 0.2) is 28.0 Å². The molecule has 0 radical (unpaired) electrons. The van der Waals surface area contributed by atoms with Crippen LogP contribution in [0.25, 0.3) is 10.8 Å². The van der Waals surface area contributed by atoms with E-state index < -0.39 is 0 Å². The molecule has 2 nitrogen and oxygen atoms in total. The van der Waals surface area contributed by atoms with Gasteiger partial charge in [-0.25, -0.2) is 9.97 Å². The van der Waals surface area contributed by atoms with Gasteiger partial charge in [0.05, 0.1) is 0 Å². The number of halogens is 2. The molecule has 0 aliphatic rings. The van der Waals surface area contributed by atoms with Crippen molar-refractivity contribution in [1.82, 2.24) is 9.97 Å². The number of pyridine rings is 2. The Kier molecular flexibility index (Phi) is 2.95. The van der Waals surface area contributed by atoms with Crippen LogP contribution in [-0.2, 0) is 0 Å². The molecule has 0 atom stereocenters. The summed E-state index contributed by atoms with van der Waals surface area (Å²) in [6.07, 6.45) is 5.52. The van der Waals surface area contributed by atoms with Gasteiger partial charge in [-0.3, -0.25) is 0 Å². The summed E-state index contributed by atoms with van der Waals surface area (Å²) in [6.45, 7) is 0. The van der Waals surface area contributed by atoms with Crippen molar-refractivity contribution in [3.05, 3.63) is 28.1 Å². The van der Waals surface area contributed by atoms with E-state index in [2.05, 4.69) is 25.9 Å². The zero-order valence-electron chi connectivity index (χ0n) is 7.29. The number of fused-ring (bicyclic) bond motifs is 1. The third kappa shape index (κ3) is 1.74. The Morgan fingerprint density at radius 1 is 1.29 bits per heavy atom. The van der Waals surface area contributed by atoms with Crippen molar-refractivity contribution < 1.29 is 0 Å². The Bertz CT molecular complexity index is 489. The molecule has 0 aromatic carbocycles. The first kappa shape index (κ1) is 10.2. The molecule has 72 valence electrons. The predicted octanol–water partition coefficient (Wildman–Crippen LogP) is 3.77. The monoisotopic (exact) mass is 288 g/mol. The fraction of sp³-hybridized carbons (Fsp3) is 0.111. The van der Waals surface area contributed by atoms with Gasteiger partial charge in [0.2, 0.25) is 0 Å². The average Bonchev–Trinajstić information content (AvgIpc) is 2.19. The minimum Gasteiger partial charge on any atom is -0.248 e. The van der Waals surface area contributed by atoms with Gasteiger partial charge in [-0.15, -0.1) is 11.8 Å². The summed E-state index contributed by atoms with van der Waals surface area (Å²) in [7, 11) is 0. The van der Waals surface area contributed by atoms with Crippen molar-refractivity contribution in [2.24, 2.45) is 0 Å². The number of nitrogens with zero attached hydrogens (tertiary/aromatic N) is 2. The summed E-state index contributed by atoms with van der Waals surface area (Å²) >= 11 is 10.9. The van der Waals surface area contributed by atoms with Gasteiger partial charge >= 0.3 is 0 Å². The Hall–Kier alpha value is -0.320. The summed E-state index contributed by atoms with van der Waals surface area (Å²) in [5, 5.41) is 3.53. The fourth-order valence-electron chi connectivity index (χ4n) is 1.21. The van der Waals surface area contributed by atoms with Crippen LogP contribution < -0.4 is 0 Å². The molecule has 0 saturated heterocycles. The summed E-state index contributed by atoms with van der Waals surface area (Å²) in [5.74, 6) is 0. The first-order valence-electron chi connectivity index (χ1n) is 3.86. The van der Waals surface area contributed by atoms with Gasteiger partial charge in [-0.1, -0.05) is 11.6 Å². The largest absolute Gasteiger partial charge is 0.248 e. The van der Waals surface area contributed by atoms with Gasteiger partial charge in [0, 0.05) is 27.6 Å². The van der Waals surface area contributed by atoms with Gasteiger partial charge in [-0.05, 0) is 28.3 Å². The molecule has 0 aliphatic heterocycles. The lowest BCUT2D eigenvalue weighted by atomic mass is 10.2. The zero-order valence-corrected chi connectivity index (χ0v) is 10.4. The van der Waals surface area contributed by atoms with E-state index in [9.17, 15) is 0 Å². The minimum absolute atomic E-state index is 0.497. The summed E-state index contributed by atoms with van der Waals surface area (Å²) in [6, 6.07) is 1.84. The van der Waals surface area contributed by atoms with Gasteiger partial charge < -0.3 is 0 Å². The van der Waals surface area contributed by atoms with E-state index in [1.165, 1.54) is 0 Å². The standard InChI is InChI=1S/C9H6BrClN2S/c1-14-9-6-3-12-8(11)2-5(6)7(10)4-13-9/h2-4H,1H3. The number of thioether (sulfide) groups is 1. The molecule has 0 unspecified atom stereocenters. The number of aromatic nitrogens is 2. The molecule has 2 rings (SSSR count). The topological polar surface area (TPSA) is 25.8 Å². The molecule has 0 N–H and O–H groups in total. The molecule has 14 heavy (non-hydrogen) atoms. The highest BCUT2D eigenvalue weighted by Crippen LogP contribution is 2.30. The quantitative estimate of drug-likeness (QED) is 0.590. The van der Waals surface area contributed by atoms with Crippen LogP contribution in [0.4, 0.5) is 0 Å². The Morgan fingerprint density at radius 3 is 2.79 bits per heavy atom. The third-order valence-electron chi connectivity index (χ3n) is 1.85. The van der Waals surface area contributed by atoms with Crippen LogP contribution in [0.3, 0.4) is 0 Å². The van der Waals surface area contributed by atoms with E-state index in [-0.39, 0.29) is 0 Å². The Labute approximate surface area is 99.2 Å². The van der Waals surface area contributed by atoms with Gasteiger partial charge in [0.15, 0.2) is 0 Å². The van der Waals surface area contributed by atoms with Crippen LogP contribution in [0.2, 0.25) is 5.15 Å². The first-order chi connectivity index (χ1) is 6.72. The lowest BCUT2D eigenvalue weighted by molar-refractivity contribution is 1.16. The highest BCUT2D eigenvalue weighted by Gasteiger charge is 2.06. The Balaban J connectivity index is 2.84. The second-order valence-electron chi connectivity index (χ2n) is 2.67. The first-order valence-corrected chi connectivity index (χ1v) is 6.25. The van der Waals surface area contributed by atoms with Gasteiger partial charge in [-0.2, -0.15) is 0 Å². The van der Waals surface area contributed by atoms with Crippen molar-refractivity contribution >= 4 is 50.1 Å². The van der Waals surface area contributed by atoms with Crippen molar-refractivity contribution in [3.63, 3.8) is 0 Å². The maximum absolute atomic E-state index is 5.83. The lowest BCUT2D eigenvalue weighted by Gasteiger charge is -2.04. The number of hydrogen-bond acceptors (Lipinski definition) is 3. The van der Waals surface area contributed by atoms with Crippen LogP contribution >= 0.6 is 39.3 Å². The third-order valence-corrected chi connectivity index (χ3v) is 3.40. The summed E-state index contributed by atoms with van der Waals surface area (Å²) < 4.78 is 0.939. The fourth-order valence-corrected chi connectivity index (χ4v) is 2.34. The van der Waals surface area contributed by atoms with E-state index in [0.29, 0.717) is 5.15 Å². The molecule has 0 aliphatic carbocycles. The molecule has 0 saturated carbocycles. The van der Waals surface area contributed by atoms with Crippen LogP contribution in [0.5, 0.6) is 0 Å². The van der Waals surface area contributed by atoms with Crippen LogP contribution in [-0.4, -0.2) is 16.2 Å². The highest BCUT2D eigenvalue weighted by atomic mass is 79.9. The summed E-state index contributed by atoms with van der Waals surface area (Å²) in [5.41, 5.74) is 0. The maximum Gasteiger partial charge on any atom is 0.129 e. The van der Waals surface area contributed by atoms with E-state index in [0.717, 1.165) is 20.3 Å². The molecule has 2 aromatic heterocycles. The molecule has 0 amide bonds. The molecule has 2 aromatic rings. The van der Waals surface area contributed by atoms with E-state index >= 15 is 0 Å². The van der Waals surface area contributed by atoms with Gasteiger partial charge in [0.25, 0.3) is 0 Å². The van der Waals surface area contributed by atoms with Crippen molar-refractivity contribution in [3.8, 4) is 0 Å². The second-order valence-corrected chi connectivity index (χ2v) is 4.70. The van der Waals surface area contributed by atoms with Crippen molar-refractivity contribution in [2.75, 3.05) is 6.26 Å².